The van der Waals surface area contributed by atoms with Crippen LogP contribution in [-0.4, -0.2) is 178 Å². The van der Waals surface area contributed by atoms with Crippen molar-refractivity contribution in [3.8, 4) is 0 Å². The minimum Gasteiger partial charge on any atom is -0.481 e. The summed E-state index contributed by atoms with van der Waals surface area (Å²) in [5.41, 5.74) is 0. The SMILES string of the molecule is CC(=O)[C@H](CCC(=O)O)NC(=O)N[C@@H](CCC(=O)CCCC(=O)CCC(C(=O)O)N1CCN(C)CCN(C)CCN(CC(=O)O)CC1)C(=O)O. The minimum absolute atomic E-state index is 0.0204. The lowest BCUT2D eigenvalue weighted by molar-refractivity contribution is -0.144. The molecule has 0 radical (unpaired) electrons. The largest absolute Gasteiger partial charge is 0.481 e. The summed E-state index contributed by atoms with van der Waals surface area (Å²) in [5, 5.41) is 42.1. The van der Waals surface area contributed by atoms with Crippen molar-refractivity contribution in [2.24, 2.45) is 0 Å². The lowest BCUT2D eigenvalue weighted by Crippen LogP contribution is -2.50. The van der Waals surface area contributed by atoms with Crippen molar-refractivity contribution >= 4 is 47.3 Å². The molecule has 1 rings (SSSR count). The van der Waals surface area contributed by atoms with Gasteiger partial charge in [0.15, 0.2) is 5.78 Å². The number of likely N-dealkylation sites (N-methyl/N-ethyl adjacent to an activating group) is 2. The van der Waals surface area contributed by atoms with E-state index in [1.54, 1.807) is 9.80 Å². The van der Waals surface area contributed by atoms with Crippen molar-refractivity contribution in [1.29, 1.82) is 0 Å². The van der Waals surface area contributed by atoms with Gasteiger partial charge in [-0.05, 0) is 46.7 Å². The molecule has 1 heterocycles. The lowest BCUT2D eigenvalue weighted by atomic mass is 10.0. The van der Waals surface area contributed by atoms with Gasteiger partial charge in [-0.15, -0.1) is 0 Å². The molecule has 0 aromatic rings. The molecule has 50 heavy (non-hydrogen) atoms. The van der Waals surface area contributed by atoms with Crippen molar-refractivity contribution in [2.45, 2.75) is 82.8 Å². The standard InChI is InChI=1S/C32H54N6O12/c1-22(39)25(10-12-28(42)43)33-32(50)34-26(30(46)47)9-7-23(40)5-4-6-24(41)8-11-27(31(48)49)38-19-16-36(3)14-13-35(2)15-17-37(18-20-38)21-29(44)45/h25-27H,4-21H2,1-3H3,(H,42,43)(H,44,45)(H,46,47)(H,48,49)(H2,33,34,50)/t25-,26-,27?/m0/s1. The molecule has 1 saturated heterocycles. The maximum atomic E-state index is 12.7. The summed E-state index contributed by atoms with van der Waals surface area (Å²) in [4.78, 5) is 103. The highest BCUT2D eigenvalue weighted by atomic mass is 16.4. The first-order valence-electron chi connectivity index (χ1n) is 16.8. The topological polar surface area (TPSA) is 254 Å². The Morgan fingerprint density at radius 2 is 1.06 bits per heavy atom. The monoisotopic (exact) mass is 714 g/mol. The first-order valence-corrected chi connectivity index (χ1v) is 16.8. The molecule has 1 fully saturated rings. The van der Waals surface area contributed by atoms with Crippen LogP contribution in [0.4, 0.5) is 4.79 Å². The summed E-state index contributed by atoms with van der Waals surface area (Å²) in [7, 11) is 3.92. The van der Waals surface area contributed by atoms with Crippen LogP contribution in [0.5, 0.6) is 0 Å². The molecule has 3 atom stereocenters. The number of carboxylic acids is 4. The van der Waals surface area contributed by atoms with Crippen LogP contribution in [0, 0.1) is 0 Å². The fraction of sp³-hybridized carbons (Fsp3) is 0.750. The summed E-state index contributed by atoms with van der Waals surface area (Å²) in [6.07, 6.45) is -0.830. The van der Waals surface area contributed by atoms with E-state index in [0.29, 0.717) is 39.3 Å². The zero-order valence-corrected chi connectivity index (χ0v) is 29.3. The smallest absolute Gasteiger partial charge is 0.326 e. The van der Waals surface area contributed by atoms with Gasteiger partial charge in [-0.2, -0.15) is 0 Å². The number of hydrogen-bond acceptors (Lipinski definition) is 12. The molecule has 6 N–H and O–H groups in total. The highest BCUT2D eigenvalue weighted by Crippen LogP contribution is 2.13. The number of Topliss-reactive ketones (excluding diaryl/α,β-unsaturated/α-hetero) is 3. The molecule has 2 amide bonds. The summed E-state index contributed by atoms with van der Waals surface area (Å²) in [5.74, 6) is -5.70. The second kappa shape index (κ2) is 23.4. The highest BCUT2D eigenvalue weighted by Gasteiger charge is 2.28. The molecule has 1 aliphatic rings. The van der Waals surface area contributed by atoms with E-state index in [4.69, 9.17) is 5.11 Å². The average molecular weight is 715 g/mol. The molecular weight excluding hydrogens is 660 g/mol. The van der Waals surface area contributed by atoms with Crippen molar-refractivity contribution in [2.75, 3.05) is 73.0 Å². The Morgan fingerprint density at radius 3 is 1.58 bits per heavy atom. The second-order valence-corrected chi connectivity index (χ2v) is 12.8. The third-order valence-corrected chi connectivity index (χ3v) is 8.58. The first kappa shape index (κ1) is 44.0. The van der Waals surface area contributed by atoms with Crippen LogP contribution >= 0.6 is 0 Å². The number of nitrogens with zero attached hydrogens (tertiary/aromatic N) is 4. The number of nitrogens with one attached hydrogen (secondary N) is 2. The van der Waals surface area contributed by atoms with E-state index in [1.165, 1.54) is 0 Å². The predicted molar refractivity (Wildman–Crippen MR) is 179 cm³/mol. The molecule has 18 nitrogen and oxygen atoms in total. The average Bonchev–Trinajstić information content (AvgIpc) is 3.02. The van der Waals surface area contributed by atoms with E-state index in [-0.39, 0.29) is 75.9 Å². The van der Waals surface area contributed by atoms with Crippen LogP contribution in [0.15, 0.2) is 0 Å². The summed E-state index contributed by atoms with van der Waals surface area (Å²) >= 11 is 0. The number of carbonyl (C=O) groups is 8. The van der Waals surface area contributed by atoms with Gasteiger partial charge in [-0.25, -0.2) is 9.59 Å². The summed E-state index contributed by atoms with van der Waals surface area (Å²) < 4.78 is 0. The molecule has 0 spiro atoms. The zero-order valence-electron chi connectivity index (χ0n) is 29.3. The third-order valence-electron chi connectivity index (χ3n) is 8.58. The number of rotatable bonds is 21. The summed E-state index contributed by atoms with van der Waals surface area (Å²) in [6, 6.07) is -4.54. The van der Waals surface area contributed by atoms with E-state index in [1.807, 2.05) is 14.1 Å². The Bertz CT molecular complexity index is 1180. The van der Waals surface area contributed by atoms with Crippen LogP contribution in [0.2, 0.25) is 0 Å². The molecule has 0 saturated carbocycles. The molecule has 0 aromatic heterocycles. The second-order valence-electron chi connectivity index (χ2n) is 12.8. The predicted octanol–water partition coefficient (Wildman–Crippen LogP) is -0.551. The van der Waals surface area contributed by atoms with Crippen LogP contribution in [0.25, 0.3) is 0 Å². The number of hydrogen-bond donors (Lipinski definition) is 6. The number of carboxylic acid groups (broad SMARTS) is 4. The molecule has 0 bridgehead atoms. The highest BCUT2D eigenvalue weighted by molar-refractivity contribution is 5.89. The summed E-state index contributed by atoms with van der Waals surface area (Å²) in [6.45, 7) is 5.33. The first-order chi connectivity index (χ1) is 23.5. The van der Waals surface area contributed by atoms with Crippen molar-refractivity contribution < 1.29 is 58.8 Å². The van der Waals surface area contributed by atoms with Gasteiger partial charge in [-0.3, -0.25) is 38.6 Å². The van der Waals surface area contributed by atoms with Gasteiger partial charge in [0, 0.05) is 84.5 Å². The fourth-order valence-electron chi connectivity index (χ4n) is 5.39. The fourth-order valence-corrected chi connectivity index (χ4v) is 5.39. The minimum atomic E-state index is -1.45. The maximum absolute atomic E-state index is 12.7. The molecule has 1 aliphatic heterocycles. The Hall–Kier alpha value is -4.00. The van der Waals surface area contributed by atoms with Crippen molar-refractivity contribution in [3.63, 3.8) is 0 Å². The van der Waals surface area contributed by atoms with Crippen molar-refractivity contribution in [3.05, 3.63) is 0 Å². The number of aliphatic carboxylic acids is 4. The van der Waals surface area contributed by atoms with Gasteiger partial charge in [-0.1, -0.05) is 0 Å². The molecule has 0 aromatic carbocycles. The molecule has 1 unspecified atom stereocenters. The number of urea groups is 1. The molecule has 18 heteroatoms. The van der Waals surface area contributed by atoms with E-state index in [9.17, 15) is 53.7 Å². The normalized spacial score (nSPS) is 17.7. The van der Waals surface area contributed by atoms with Gasteiger partial charge in [0.25, 0.3) is 0 Å². The van der Waals surface area contributed by atoms with E-state index in [0.717, 1.165) is 20.0 Å². The van der Waals surface area contributed by atoms with Gasteiger partial charge in [0.2, 0.25) is 0 Å². The molecule has 284 valence electrons. The Balaban J connectivity index is 2.64. The third kappa shape index (κ3) is 19.3. The Morgan fingerprint density at radius 1 is 0.580 bits per heavy atom. The van der Waals surface area contributed by atoms with E-state index < -0.39 is 53.8 Å². The van der Waals surface area contributed by atoms with E-state index in [2.05, 4.69) is 20.4 Å². The number of carbonyl (C=O) groups excluding carboxylic acids is 4. The molecule has 0 aliphatic carbocycles. The molecular formula is C32H54N6O12. The zero-order chi connectivity index (χ0) is 37.8. The van der Waals surface area contributed by atoms with Crippen LogP contribution < -0.4 is 10.6 Å². The van der Waals surface area contributed by atoms with Gasteiger partial charge in [0.05, 0.1) is 12.6 Å². The lowest BCUT2D eigenvalue weighted by Gasteiger charge is -2.34. The quantitative estimate of drug-likeness (QED) is 0.0872. The van der Waals surface area contributed by atoms with Crippen LogP contribution in [0.1, 0.15) is 64.7 Å². The Kier molecular flexibility index (Phi) is 20.6. The number of amides is 2. The van der Waals surface area contributed by atoms with Crippen LogP contribution in [0.3, 0.4) is 0 Å². The van der Waals surface area contributed by atoms with Crippen molar-refractivity contribution in [1.82, 2.24) is 30.2 Å². The van der Waals surface area contributed by atoms with E-state index >= 15 is 0 Å². The van der Waals surface area contributed by atoms with Gasteiger partial charge < -0.3 is 40.9 Å². The maximum Gasteiger partial charge on any atom is 0.326 e. The number of ketones is 3. The Labute approximate surface area is 292 Å². The van der Waals surface area contributed by atoms with Gasteiger partial charge >= 0.3 is 29.9 Å². The van der Waals surface area contributed by atoms with Gasteiger partial charge in [0.1, 0.15) is 23.7 Å². The van der Waals surface area contributed by atoms with Crippen LogP contribution in [-0.2, 0) is 33.6 Å².